The predicted molar refractivity (Wildman–Crippen MR) is 134 cm³/mol. The molecule has 1 saturated heterocycles. The number of hydrogen-bond acceptors (Lipinski definition) is 5. The largest absolute Gasteiger partial charge is 0.497 e. The fraction of sp³-hybridized carbons (Fsp3) is 0.500. The Bertz CT molecular complexity index is 983. The van der Waals surface area contributed by atoms with Gasteiger partial charge in [0.05, 0.1) is 18.6 Å². The summed E-state index contributed by atoms with van der Waals surface area (Å²) in [6.45, 7) is 5.95. The van der Waals surface area contributed by atoms with E-state index in [-0.39, 0.29) is 23.5 Å². The molecule has 35 heavy (non-hydrogen) atoms. The minimum Gasteiger partial charge on any atom is -0.497 e. The number of likely N-dealkylation sites (tertiary alicyclic amines) is 1. The van der Waals surface area contributed by atoms with E-state index in [1.165, 1.54) is 24.3 Å². The highest BCUT2D eigenvalue weighted by atomic mass is 19.1. The Hall–Kier alpha value is -2.77. The van der Waals surface area contributed by atoms with E-state index in [2.05, 4.69) is 4.90 Å². The zero-order chi connectivity index (χ0) is 25.6. The first-order valence-corrected chi connectivity index (χ1v) is 12.3. The number of ketones is 1. The summed E-state index contributed by atoms with van der Waals surface area (Å²) in [4.78, 5) is 29.8. The highest BCUT2D eigenvalue weighted by Crippen LogP contribution is 2.39. The number of amides is 1. The Morgan fingerprint density at radius 3 is 2.23 bits per heavy atom. The van der Waals surface area contributed by atoms with Crippen LogP contribution in [-0.4, -0.2) is 72.0 Å². The number of hydrogen-bond donors (Lipinski definition) is 1. The van der Waals surface area contributed by atoms with Crippen molar-refractivity contribution in [3.05, 3.63) is 65.5 Å². The number of aliphatic hydroxyl groups is 1. The lowest BCUT2D eigenvalue weighted by atomic mass is 9.75. The van der Waals surface area contributed by atoms with Crippen molar-refractivity contribution in [1.29, 1.82) is 0 Å². The van der Waals surface area contributed by atoms with E-state index in [4.69, 9.17) is 4.74 Å². The van der Waals surface area contributed by atoms with Gasteiger partial charge in [0.15, 0.2) is 5.78 Å². The third kappa shape index (κ3) is 6.67. The Morgan fingerprint density at radius 2 is 1.69 bits per heavy atom. The van der Waals surface area contributed by atoms with Crippen LogP contribution in [-0.2, 0) is 4.79 Å². The fourth-order valence-corrected chi connectivity index (χ4v) is 4.63. The van der Waals surface area contributed by atoms with Crippen molar-refractivity contribution in [1.82, 2.24) is 9.80 Å². The zero-order valence-electron chi connectivity index (χ0n) is 21.2. The van der Waals surface area contributed by atoms with Crippen LogP contribution in [0.1, 0.15) is 61.4 Å². The Balaban J connectivity index is 1.63. The van der Waals surface area contributed by atoms with Crippen LogP contribution in [0.25, 0.3) is 0 Å². The Kier molecular flexibility index (Phi) is 9.03. The molecule has 0 bridgehead atoms. The normalized spacial score (nSPS) is 16.7. The number of benzene rings is 2. The molecule has 0 aliphatic carbocycles. The van der Waals surface area contributed by atoms with Gasteiger partial charge in [-0.25, -0.2) is 4.39 Å². The highest BCUT2D eigenvalue weighted by Gasteiger charge is 2.45. The molecule has 1 heterocycles. The summed E-state index contributed by atoms with van der Waals surface area (Å²) >= 11 is 0. The second-order valence-corrected chi connectivity index (χ2v) is 9.73. The molecule has 2 aromatic rings. The summed E-state index contributed by atoms with van der Waals surface area (Å²) in [5.41, 5.74) is 0.147. The van der Waals surface area contributed by atoms with E-state index < -0.39 is 11.5 Å². The first-order chi connectivity index (χ1) is 16.6. The summed E-state index contributed by atoms with van der Waals surface area (Å²) in [7, 11) is 3.38. The van der Waals surface area contributed by atoms with Gasteiger partial charge in [-0.2, -0.15) is 0 Å². The van der Waals surface area contributed by atoms with E-state index in [0.29, 0.717) is 50.1 Å². The van der Waals surface area contributed by atoms with E-state index in [1.807, 2.05) is 38.1 Å². The summed E-state index contributed by atoms with van der Waals surface area (Å²) in [6, 6.07) is 13.0. The number of rotatable bonds is 10. The van der Waals surface area contributed by atoms with E-state index in [0.717, 1.165) is 12.1 Å². The molecule has 190 valence electrons. The molecule has 0 saturated carbocycles. The number of piperidine rings is 1. The van der Waals surface area contributed by atoms with Crippen molar-refractivity contribution < 1.29 is 23.8 Å². The second-order valence-electron chi connectivity index (χ2n) is 9.73. The molecule has 7 heteroatoms. The van der Waals surface area contributed by atoms with Gasteiger partial charge >= 0.3 is 0 Å². The molecule has 1 N–H and O–H groups in total. The van der Waals surface area contributed by atoms with Crippen LogP contribution in [0.4, 0.5) is 4.39 Å². The monoisotopic (exact) mass is 484 g/mol. The molecule has 1 aliphatic heterocycles. The quantitative estimate of drug-likeness (QED) is 0.510. The smallest absolute Gasteiger partial charge is 0.233 e. The van der Waals surface area contributed by atoms with Crippen LogP contribution < -0.4 is 4.74 Å². The lowest BCUT2D eigenvalue weighted by Crippen LogP contribution is -2.53. The van der Waals surface area contributed by atoms with Gasteiger partial charge in [0.2, 0.25) is 5.91 Å². The SMILES string of the molecule is COc1ccc(C(C(=O)N(C)C(C)C)C2(O)CCN(CCCC(=O)c3ccc(F)cc3)CC2)cc1. The molecule has 2 aromatic carbocycles. The first-order valence-electron chi connectivity index (χ1n) is 12.3. The average Bonchev–Trinajstić information content (AvgIpc) is 2.85. The topological polar surface area (TPSA) is 70.1 Å². The lowest BCUT2D eigenvalue weighted by Gasteiger charge is -2.44. The van der Waals surface area contributed by atoms with Crippen LogP contribution in [0.5, 0.6) is 5.75 Å². The molecule has 0 spiro atoms. The second kappa shape index (κ2) is 11.8. The van der Waals surface area contributed by atoms with Crippen LogP contribution in [0.3, 0.4) is 0 Å². The molecule has 1 amide bonds. The molecule has 6 nitrogen and oxygen atoms in total. The van der Waals surface area contributed by atoms with Crippen molar-refractivity contribution in [2.75, 3.05) is 33.8 Å². The predicted octanol–water partition coefficient (Wildman–Crippen LogP) is 4.27. The highest BCUT2D eigenvalue weighted by molar-refractivity contribution is 5.95. The molecule has 3 rings (SSSR count). The van der Waals surface area contributed by atoms with E-state index >= 15 is 0 Å². The van der Waals surface area contributed by atoms with Gasteiger partial charge in [-0.05, 0) is 81.6 Å². The van der Waals surface area contributed by atoms with Crippen molar-refractivity contribution in [2.45, 2.75) is 57.1 Å². The maximum Gasteiger partial charge on any atom is 0.233 e. The van der Waals surface area contributed by atoms with Crippen LogP contribution in [0, 0.1) is 5.82 Å². The van der Waals surface area contributed by atoms with Gasteiger partial charge in [0.25, 0.3) is 0 Å². The number of halogens is 1. The van der Waals surface area contributed by atoms with Gasteiger partial charge in [-0.15, -0.1) is 0 Å². The molecule has 1 unspecified atom stereocenters. The van der Waals surface area contributed by atoms with Gasteiger partial charge in [-0.3, -0.25) is 9.59 Å². The van der Waals surface area contributed by atoms with Gasteiger partial charge < -0.3 is 19.6 Å². The number of likely N-dealkylation sites (N-methyl/N-ethyl adjacent to an activating group) is 1. The Labute approximate surface area is 207 Å². The summed E-state index contributed by atoms with van der Waals surface area (Å²) < 4.78 is 18.3. The summed E-state index contributed by atoms with van der Waals surface area (Å²) in [6.07, 6.45) is 2.00. The van der Waals surface area contributed by atoms with Crippen LogP contribution in [0.2, 0.25) is 0 Å². The number of ether oxygens (including phenoxy) is 1. The maximum atomic E-state index is 13.5. The van der Waals surface area contributed by atoms with Crippen molar-refractivity contribution in [3.63, 3.8) is 0 Å². The first kappa shape index (κ1) is 26.8. The van der Waals surface area contributed by atoms with Crippen LogP contribution >= 0.6 is 0 Å². The maximum absolute atomic E-state index is 13.5. The van der Waals surface area contributed by atoms with E-state index in [1.54, 1.807) is 19.1 Å². The lowest BCUT2D eigenvalue weighted by molar-refractivity contribution is -0.142. The van der Waals surface area contributed by atoms with Crippen molar-refractivity contribution >= 4 is 11.7 Å². The average molecular weight is 485 g/mol. The number of carbonyl (C=O) groups is 2. The molecule has 0 radical (unpaired) electrons. The molecular weight excluding hydrogens is 447 g/mol. The number of methoxy groups -OCH3 is 1. The standard InChI is InChI=1S/C28H37FN2O4/c1-20(2)30(3)27(33)26(22-9-13-24(35-4)14-10-22)28(34)15-18-31(19-16-28)17-5-6-25(32)21-7-11-23(29)12-8-21/h7-14,20,26,34H,5-6,15-19H2,1-4H3. The third-order valence-electron chi connectivity index (χ3n) is 7.12. The minimum absolute atomic E-state index is 0.000374. The molecule has 0 aromatic heterocycles. The van der Waals surface area contributed by atoms with Crippen molar-refractivity contribution in [2.24, 2.45) is 0 Å². The third-order valence-corrected chi connectivity index (χ3v) is 7.12. The number of carbonyl (C=O) groups excluding carboxylic acids is 2. The summed E-state index contributed by atoms with van der Waals surface area (Å²) in [5, 5.41) is 11.7. The van der Waals surface area contributed by atoms with Crippen molar-refractivity contribution in [3.8, 4) is 5.75 Å². The molecular formula is C28H37FN2O4. The number of nitrogens with zero attached hydrogens (tertiary/aromatic N) is 2. The van der Waals surface area contributed by atoms with E-state index in [9.17, 15) is 19.1 Å². The van der Waals surface area contributed by atoms with Crippen LogP contribution in [0.15, 0.2) is 48.5 Å². The van der Waals surface area contributed by atoms with Gasteiger partial charge in [-0.1, -0.05) is 12.1 Å². The molecule has 1 fully saturated rings. The van der Waals surface area contributed by atoms with Gasteiger partial charge in [0, 0.05) is 38.2 Å². The Morgan fingerprint density at radius 1 is 1.09 bits per heavy atom. The fourth-order valence-electron chi connectivity index (χ4n) is 4.63. The molecule has 1 aliphatic rings. The van der Waals surface area contributed by atoms with Gasteiger partial charge in [0.1, 0.15) is 11.6 Å². The zero-order valence-corrected chi connectivity index (χ0v) is 21.2. The summed E-state index contributed by atoms with van der Waals surface area (Å²) in [5.74, 6) is -0.406. The molecule has 1 atom stereocenters. The number of Topliss-reactive ketones (excluding diaryl/α,β-unsaturated/α-hetero) is 1. The minimum atomic E-state index is -1.16.